The van der Waals surface area contributed by atoms with E-state index in [1.807, 2.05) is 24.3 Å². The van der Waals surface area contributed by atoms with Crippen molar-refractivity contribution in [1.29, 1.82) is 0 Å². The average Bonchev–Trinajstić information content (AvgIpc) is 3.17. The van der Waals surface area contributed by atoms with Crippen LogP contribution in [0.25, 0.3) is 11.0 Å². The Morgan fingerprint density at radius 1 is 0.971 bits per heavy atom. The Labute approximate surface area is 202 Å². The lowest BCUT2D eigenvalue weighted by atomic mass is 9.98. The number of unbranched alkanes of at least 4 members (excludes halogenated alkanes) is 1. The van der Waals surface area contributed by atoms with Crippen LogP contribution in [-0.2, 0) is 0 Å². The van der Waals surface area contributed by atoms with Gasteiger partial charge in [-0.05, 0) is 67.4 Å². The molecule has 2 heterocycles. The number of hydrogen-bond donors (Lipinski definition) is 0. The lowest BCUT2D eigenvalue weighted by Crippen LogP contribution is -2.29. The van der Waals surface area contributed by atoms with Gasteiger partial charge in [0.1, 0.15) is 11.3 Å². The van der Waals surface area contributed by atoms with Crippen molar-refractivity contribution < 1.29 is 18.7 Å². The normalized spacial score (nSPS) is 14.9. The molecule has 0 bridgehead atoms. The zero-order valence-electron chi connectivity index (χ0n) is 19.6. The Morgan fingerprint density at radius 2 is 1.69 bits per heavy atom. The molecule has 6 heteroatoms. The van der Waals surface area contributed by atoms with Crippen molar-refractivity contribution in [2.75, 3.05) is 11.5 Å². The Balaban J connectivity index is 1.65. The van der Waals surface area contributed by atoms with E-state index in [-0.39, 0.29) is 17.0 Å². The molecule has 0 fully saturated rings. The van der Waals surface area contributed by atoms with E-state index in [4.69, 9.17) is 9.15 Å². The summed E-state index contributed by atoms with van der Waals surface area (Å²) in [5.74, 6) is 0.310. The molecule has 4 aromatic rings. The number of carbonyl (C=O) groups is 2. The summed E-state index contributed by atoms with van der Waals surface area (Å²) in [7, 11) is 0. The van der Waals surface area contributed by atoms with Crippen LogP contribution in [0.3, 0.4) is 0 Å². The molecule has 0 N–H and O–H groups in total. The Kier molecular flexibility index (Phi) is 5.95. The van der Waals surface area contributed by atoms with E-state index >= 15 is 0 Å². The number of anilines is 1. The maximum absolute atomic E-state index is 13.6. The highest BCUT2D eigenvalue weighted by Gasteiger charge is 2.43. The van der Waals surface area contributed by atoms with Crippen molar-refractivity contribution in [2.24, 2.45) is 0 Å². The predicted octanol–water partition coefficient (Wildman–Crippen LogP) is 5.92. The largest absolute Gasteiger partial charge is 0.494 e. The van der Waals surface area contributed by atoms with Crippen LogP contribution in [0.15, 0.2) is 82.0 Å². The molecular formula is C29H25NO5. The van der Waals surface area contributed by atoms with Gasteiger partial charge in [-0.3, -0.25) is 19.3 Å². The molecule has 1 amide bonds. The Bertz CT molecular complexity index is 1470. The number of hydrogen-bond acceptors (Lipinski definition) is 5. The monoisotopic (exact) mass is 467 g/mol. The summed E-state index contributed by atoms with van der Waals surface area (Å²) >= 11 is 0. The van der Waals surface area contributed by atoms with Gasteiger partial charge >= 0.3 is 0 Å². The fourth-order valence-electron chi connectivity index (χ4n) is 4.44. The third-order valence-electron chi connectivity index (χ3n) is 6.29. The molecule has 1 aliphatic rings. The van der Waals surface area contributed by atoms with Gasteiger partial charge < -0.3 is 9.15 Å². The number of para-hydroxylation sites is 1. The number of ether oxygens (including phenoxy) is 1. The van der Waals surface area contributed by atoms with Crippen LogP contribution in [0, 0.1) is 0 Å². The van der Waals surface area contributed by atoms with E-state index in [9.17, 15) is 14.4 Å². The number of ketones is 1. The highest BCUT2D eigenvalue weighted by atomic mass is 16.5. The number of rotatable bonds is 7. The molecule has 3 aromatic carbocycles. The second-order valence-corrected chi connectivity index (χ2v) is 8.62. The van der Waals surface area contributed by atoms with Crippen LogP contribution >= 0.6 is 0 Å². The minimum Gasteiger partial charge on any atom is -0.494 e. The van der Waals surface area contributed by atoms with E-state index in [0.29, 0.717) is 34.4 Å². The molecule has 35 heavy (non-hydrogen) atoms. The van der Waals surface area contributed by atoms with Crippen LogP contribution in [0.2, 0.25) is 0 Å². The summed E-state index contributed by atoms with van der Waals surface area (Å²) in [4.78, 5) is 40.6. The molecule has 1 atom stereocenters. The van der Waals surface area contributed by atoms with Gasteiger partial charge in [-0.15, -0.1) is 0 Å². The number of amides is 1. The topological polar surface area (TPSA) is 76.8 Å². The number of benzene rings is 3. The quantitative estimate of drug-likeness (QED) is 0.249. The first-order valence-corrected chi connectivity index (χ1v) is 11.7. The third-order valence-corrected chi connectivity index (χ3v) is 6.29. The van der Waals surface area contributed by atoms with E-state index in [2.05, 4.69) is 6.92 Å². The zero-order valence-corrected chi connectivity index (χ0v) is 19.6. The molecule has 6 nitrogen and oxygen atoms in total. The summed E-state index contributed by atoms with van der Waals surface area (Å²) in [6.45, 7) is 4.23. The molecule has 0 spiro atoms. The molecule has 0 aliphatic carbocycles. The highest BCUT2D eigenvalue weighted by Crippen LogP contribution is 2.41. The lowest BCUT2D eigenvalue weighted by Gasteiger charge is -2.25. The van der Waals surface area contributed by atoms with E-state index in [0.717, 1.165) is 24.2 Å². The van der Waals surface area contributed by atoms with Gasteiger partial charge in [-0.1, -0.05) is 37.6 Å². The third kappa shape index (κ3) is 4.01. The average molecular weight is 468 g/mol. The SMILES string of the molecule is CCCCOc1ccc(C2c3c(oc4ccccc4c3=O)C(=O)N2c2ccc(C(C)=O)cc2)cc1. The van der Waals surface area contributed by atoms with Crippen LogP contribution in [0.5, 0.6) is 5.75 Å². The first kappa shape index (κ1) is 22.6. The number of carbonyl (C=O) groups excluding carboxylic acids is 2. The van der Waals surface area contributed by atoms with Crippen LogP contribution < -0.4 is 15.1 Å². The van der Waals surface area contributed by atoms with Crippen molar-refractivity contribution in [3.05, 3.63) is 105 Å². The van der Waals surface area contributed by atoms with Gasteiger partial charge in [0.05, 0.1) is 23.6 Å². The second-order valence-electron chi connectivity index (χ2n) is 8.62. The standard InChI is InChI=1S/C29H25NO5/c1-3-4-17-34-22-15-11-20(12-16-22)26-25-27(32)23-7-5-6-8-24(23)35-28(25)29(33)30(26)21-13-9-19(10-14-21)18(2)31/h5-16,26H,3-4,17H2,1-2H3. The Hall–Kier alpha value is -4.19. The van der Waals surface area contributed by atoms with E-state index < -0.39 is 11.9 Å². The first-order chi connectivity index (χ1) is 17.0. The summed E-state index contributed by atoms with van der Waals surface area (Å²) in [6.07, 6.45) is 2.00. The van der Waals surface area contributed by atoms with Gasteiger partial charge in [-0.2, -0.15) is 0 Å². The van der Waals surface area contributed by atoms with Crippen molar-refractivity contribution in [2.45, 2.75) is 32.7 Å². The van der Waals surface area contributed by atoms with Crippen molar-refractivity contribution >= 4 is 28.3 Å². The maximum atomic E-state index is 13.6. The van der Waals surface area contributed by atoms with Crippen molar-refractivity contribution in [1.82, 2.24) is 0 Å². The molecule has 176 valence electrons. The zero-order chi connectivity index (χ0) is 24.5. The molecule has 0 radical (unpaired) electrons. The van der Waals surface area contributed by atoms with Gasteiger partial charge in [0, 0.05) is 11.3 Å². The van der Waals surface area contributed by atoms with E-state index in [1.165, 1.54) is 6.92 Å². The Morgan fingerprint density at radius 3 is 2.37 bits per heavy atom. The summed E-state index contributed by atoms with van der Waals surface area (Å²) in [6, 6.07) is 20.5. The molecule has 1 unspecified atom stereocenters. The highest BCUT2D eigenvalue weighted by molar-refractivity contribution is 6.10. The van der Waals surface area contributed by atoms with Gasteiger partial charge in [0.15, 0.2) is 11.2 Å². The van der Waals surface area contributed by atoms with Crippen molar-refractivity contribution in [3.63, 3.8) is 0 Å². The fraction of sp³-hybridized carbons (Fsp3) is 0.207. The molecule has 5 rings (SSSR count). The fourth-order valence-corrected chi connectivity index (χ4v) is 4.44. The molecule has 1 aromatic heterocycles. The smallest absolute Gasteiger partial charge is 0.295 e. The summed E-state index contributed by atoms with van der Waals surface area (Å²) in [5, 5.41) is 0.428. The van der Waals surface area contributed by atoms with Crippen LogP contribution in [-0.4, -0.2) is 18.3 Å². The summed E-state index contributed by atoms with van der Waals surface area (Å²) < 4.78 is 11.8. The summed E-state index contributed by atoms with van der Waals surface area (Å²) in [5.41, 5.74) is 2.33. The maximum Gasteiger partial charge on any atom is 0.295 e. The molecular weight excluding hydrogens is 442 g/mol. The molecule has 1 aliphatic heterocycles. The predicted molar refractivity (Wildman–Crippen MR) is 134 cm³/mol. The second kappa shape index (κ2) is 9.22. The van der Waals surface area contributed by atoms with Crippen molar-refractivity contribution in [3.8, 4) is 5.75 Å². The lowest BCUT2D eigenvalue weighted by molar-refractivity contribution is 0.0970. The number of Topliss-reactive ketones (excluding diaryl/α,β-unsaturated/α-hetero) is 1. The van der Waals surface area contributed by atoms with Gasteiger partial charge in [-0.25, -0.2) is 0 Å². The molecule has 0 saturated carbocycles. The van der Waals surface area contributed by atoms with Crippen LogP contribution in [0.4, 0.5) is 5.69 Å². The van der Waals surface area contributed by atoms with E-state index in [1.54, 1.807) is 53.4 Å². The van der Waals surface area contributed by atoms with Crippen LogP contribution in [0.1, 0.15) is 64.8 Å². The molecule has 0 saturated heterocycles. The minimum absolute atomic E-state index is 0.0395. The minimum atomic E-state index is -0.675. The van der Waals surface area contributed by atoms with Gasteiger partial charge in [0.25, 0.3) is 5.91 Å². The number of fused-ring (bicyclic) bond motifs is 2. The van der Waals surface area contributed by atoms with Gasteiger partial charge in [0.2, 0.25) is 5.76 Å². The first-order valence-electron chi connectivity index (χ1n) is 11.7. The number of nitrogens with zero attached hydrogens (tertiary/aromatic N) is 1.